The molecule has 3 rings (SSSR count). The lowest BCUT2D eigenvalue weighted by Gasteiger charge is -2.14. The number of thiophene rings is 1. The van der Waals surface area contributed by atoms with Gasteiger partial charge in [0.2, 0.25) is 5.91 Å². The molecule has 1 aromatic carbocycles. The number of amides is 1. The maximum atomic E-state index is 13.2. The van der Waals surface area contributed by atoms with Crippen LogP contribution in [0.2, 0.25) is 0 Å². The lowest BCUT2D eigenvalue weighted by atomic mass is 10.1. The molecule has 0 spiro atoms. The van der Waals surface area contributed by atoms with Gasteiger partial charge in [-0.05, 0) is 31.0 Å². The Morgan fingerprint density at radius 2 is 2.04 bits per heavy atom. The minimum absolute atomic E-state index is 0.0708. The number of rotatable bonds is 8. The maximum Gasteiger partial charge on any atom is 0.263 e. The first-order chi connectivity index (χ1) is 13.5. The highest BCUT2D eigenvalue weighted by molar-refractivity contribution is 7.17. The van der Waals surface area contributed by atoms with Crippen molar-refractivity contribution in [3.63, 3.8) is 0 Å². The van der Waals surface area contributed by atoms with E-state index < -0.39 is 0 Å². The van der Waals surface area contributed by atoms with Gasteiger partial charge in [0.25, 0.3) is 5.56 Å². The molecule has 1 N–H and O–H groups in total. The van der Waals surface area contributed by atoms with Crippen LogP contribution in [0.15, 0.2) is 40.8 Å². The van der Waals surface area contributed by atoms with E-state index in [1.807, 2.05) is 12.3 Å². The van der Waals surface area contributed by atoms with E-state index in [1.54, 1.807) is 12.1 Å². The first kappa shape index (κ1) is 20.2. The molecule has 0 saturated heterocycles. The van der Waals surface area contributed by atoms with Crippen molar-refractivity contribution >= 4 is 27.5 Å². The molecule has 1 atom stereocenters. The second kappa shape index (κ2) is 9.10. The third-order valence-corrected chi connectivity index (χ3v) is 5.56. The molecular formula is C21H24FN3O2S. The Kier molecular flexibility index (Phi) is 6.57. The van der Waals surface area contributed by atoms with E-state index >= 15 is 0 Å². The van der Waals surface area contributed by atoms with Crippen molar-refractivity contribution in [1.82, 2.24) is 14.9 Å². The fraction of sp³-hybridized carbons (Fsp3) is 0.381. The standard InChI is InChI=1S/C21H24FN3O2S/c1-3-4-5-6-14(2)24-18(26)11-25-13-23-20-19(21(25)27)17(12-28-20)15-7-9-16(22)10-8-15/h7-10,12-14H,3-6,11H2,1-2H3,(H,24,26)/t14-/m0/s1. The van der Waals surface area contributed by atoms with Crippen molar-refractivity contribution in [3.05, 3.63) is 52.1 Å². The normalized spacial score (nSPS) is 12.2. The minimum atomic E-state index is -0.330. The number of fused-ring (bicyclic) bond motifs is 1. The number of nitrogens with one attached hydrogen (secondary N) is 1. The Morgan fingerprint density at radius 3 is 2.75 bits per heavy atom. The Hall–Kier alpha value is -2.54. The summed E-state index contributed by atoms with van der Waals surface area (Å²) in [5.74, 6) is -0.533. The van der Waals surface area contributed by atoms with Gasteiger partial charge in [0.1, 0.15) is 17.2 Å². The van der Waals surface area contributed by atoms with Crippen molar-refractivity contribution in [2.24, 2.45) is 0 Å². The molecule has 0 aliphatic carbocycles. The van der Waals surface area contributed by atoms with Crippen molar-refractivity contribution in [1.29, 1.82) is 0 Å². The first-order valence-electron chi connectivity index (χ1n) is 9.51. The van der Waals surface area contributed by atoms with E-state index in [4.69, 9.17) is 0 Å². The van der Waals surface area contributed by atoms with Crippen LogP contribution in [-0.4, -0.2) is 21.5 Å². The van der Waals surface area contributed by atoms with Crippen LogP contribution < -0.4 is 10.9 Å². The predicted molar refractivity (Wildman–Crippen MR) is 111 cm³/mol. The SMILES string of the molecule is CCCCC[C@H](C)NC(=O)Cn1cnc2scc(-c3ccc(F)cc3)c2c1=O. The Morgan fingerprint density at radius 1 is 1.29 bits per heavy atom. The Balaban J connectivity index is 1.80. The summed E-state index contributed by atoms with van der Waals surface area (Å²) in [6.07, 6.45) is 5.69. The molecule has 0 aliphatic rings. The summed E-state index contributed by atoms with van der Waals surface area (Å²) in [5.41, 5.74) is 1.19. The van der Waals surface area contributed by atoms with E-state index in [9.17, 15) is 14.0 Å². The topological polar surface area (TPSA) is 64.0 Å². The highest BCUT2D eigenvalue weighted by Crippen LogP contribution is 2.30. The summed E-state index contributed by atoms with van der Waals surface area (Å²) in [6, 6.07) is 6.07. The molecule has 2 aromatic heterocycles. The number of carbonyl (C=O) groups is 1. The molecule has 7 heteroatoms. The van der Waals surface area contributed by atoms with Gasteiger partial charge in [0, 0.05) is 17.0 Å². The van der Waals surface area contributed by atoms with Crippen molar-refractivity contribution in [2.45, 2.75) is 52.1 Å². The monoisotopic (exact) mass is 401 g/mol. The zero-order valence-electron chi connectivity index (χ0n) is 16.1. The van der Waals surface area contributed by atoms with Gasteiger partial charge in [-0.1, -0.05) is 38.3 Å². The van der Waals surface area contributed by atoms with Crippen LogP contribution in [0.4, 0.5) is 4.39 Å². The van der Waals surface area contributed by atoms with Crippen LogP contribution in [0.1, 0.15) is 39.5 Å². The maximum absolute atomic E-state index is 13.2. The summed E-state index contributed by atoms with van der Waals surface area (Å²) >= 11 is 1.36. The zero-order chi connectivity index (χ0) is 20.1. The van der Waals surface area contributed by atoms with Crippen LogP contribution in [0.3, 0.4) is 0 Å². The van der Waals surface area contributed by atoms with Gasteiger partial charge in [0.15, 0.2) is 0 Å². The Bertz CT molecular complexity index is 1010. The first-order valence-corrected chi connectivity index (χ1v) is 10.4. The van der Waals surface area contributed by atoms with Gasteiger partial charge in [0.05, 0.1) is 11.7 Å². The van der Waals surface area contributed by atoms with Crippen LogP contribution >= 0.6 is 11.3 Å². The largest absolute Gasteiger partial charge is 0.352 e. The fourth-order valence-corrected chi connectivity index (χ4v) is 4.08. The molecule has 28 heavy (non-hydrogen) atoms. The number of hydrogen-bond donors (Lipinski definition) is 1. The number of nitrogens with zero attached hydrogens (tertiary/aromatic N) is 2. The second-order valence-corrected chi connectivity index (χ2v) is 7.84. The van der Waals surface area contributed by atoms with E-state index in [2.05, 4.69) is 17.2 Å². The molecule has 5 nitrogen and oxygen atoms in total. The molecule has 1 amide bonds. The van der Waals surface area contributed by atoms with Crippen LogP contribution in [0.25, 0.3) is 21.3 Å². The van der Waals surface area contributed by atoms with Crippen molar-refractivity contribution in [2.75, 3.05) is 0 Å². The smallest absolute Gasteiger partial charge is 0.263 e. The number of halogens is 1. The molecular weight excluding hydrogens is 377 g/mol. The van der Waals surface area contributed by atoms with E-state index in [-0.39, 0.29) is 29.9 Å². The quantitative estimate of drug-likeness (QED) is 0.571. The van der Waals surface area contributed by atoms with Gasteiger partial charge >= 0.3 is 0 Å². The summed E-state index contributed by atoms with van der Waals surface area (Å²) < 4.78 is 14.5. The van der Waals surface area contributed by atoms with Crippen molar-refractivity contribution in [3.8, 4) is 11.1 Å². The summed E-state index contributed by atoms with van der Waals surface area (Å²) in [7, 11) is 0. The van der Waals surface area contributed by atoms with E-state index in [0.717, 1.165) is 31.2 Å². The van der Waals surface area contributed by atoms with Gasteiger partial charge in [-0.2, -0.15) is 0 Å². The molecule has 0 saturated carbocycles. The molecule has 0 aliphatic heterocycles. The van der Waals surface area contributed by atoms with Crippen molar-refractivity contribution < 1.29 is 9.18 Å². The van der Waals surface area contributed by atoms with Gasteiger partial charge in [-0.3, -0.25) is 14.2 Å². The van der Waals surface area contributed by atoms with Gasteiger partial charge < -0.3 is 5.32 Å². The number of hydrogen-bond acceptors (Lipinski definition) is 4. The Labute approximate surface area is 167 Å². The summed E-state index contributed by atoms with van der Waals surface area (Å²) in [4.78, 5) is 30.2. The number of unbranched alkanes of at least 4 members (excludes halogenated alkanes) is 2. The van der Waals surface area contributed by atoms with Gasteiger partial charge in [-0.15, -0.1) is 11.3 Å². The third kappa shape index (κ3) is 4.65. The highest BCUT2D eigenvalue weighted by Gasteiger charge is 2.15. The fourth-order valence-electron chi connectivity index (χ4n) is 3.17. The third-order valence-electron chi connectivity index (χ3n) is 4.68. The zero-order valence-corrected chi connectivity index (χ0v) is 16.9. The number of carbonyl (C=O) groups excluding carboxylic acids is 1. The summed E-state index contributed by atoms with van der Waals surface area (Å²) in [5, 5.41) is 5.24. The van der Waals surface area contributed by atoms with Gasteiger partial charge in [-0.25, -0.2) is 9.37 Å². The predicted octanol–water partition coefficient (Wildman–Crippen LogP) is 4.35. The van der Waals surface area contributed by atoms with Crippen LogP contribution in [0, 0.1) is 5.82 Å². The minimum Gasteiger partial charge on any atom is -0.352 e. The lowest BCUT2D eigenvalue weighted by molar-refractivity contribution is -0.122. The highest BCUT2D eigenvalue weighted by atomic mass is 32.1. The van der Waals surface area contributed by atoms with Crippen LogP contribution in [-0.2, 0) is 11.3 Å². The molecule has 3 aromatic rings. The number of benzene rings is 1. The molecule has 0 fully saturated rings. The summed E-state index contributed by atoms with van der Waals surface area (Å²) in [6.45, 7) is 4.05. The van der Waals surface area contributed by atoms with E-state index in [1.165, 1.54) is 34.4 Å². The van der Waals surface area contributed by atoms with E-state index in [0.29, 0.717) is 15.8 Å². The molecule has 2 heterocycles. The van der Waals surface area contributed by atoms with Crippen LogP contribution in [0.5, 0.6) is 0 Å². The molecule has 148 valence electrons. The molecule has 0 unspecified atom stereocenters. The molecule has 0 bridgehead atoms. The lowest BCUT2D eigenvalue weighted by Crippen LogP contribution is -2.37. The number of aromatic nitrogens is 2. The average molecular weight is 402 g/mol. The second-order valence-electron chi connectivity index (χ2n) is 6.98. The molecule has 0 radical (unpaired) electrons. The average Bonchev–Trinajstić information content (AvgIpc) is 3.10.